The van der Waals surface area contributed by atoms with Gasteiger partial charge in [-0.05, 0) is 22.3 Å². The first kappa shape index (κ1) is 37.6. The molecule has 3 rings (SSSR count). The lowest BCUT2D eigenvalue weighted by molar-refractivity contribution is -0.342. The maximum absolute atomic E-state index is 13.6. The van der Waals surface area contributed by atoms with Crippen molar-refractivity contribution in [1.82, 2.24) is 0 Å². The zero-order valence-corrected chi connectivity index (χ0v) is 23.1. The van der Waals surface area contributed by atoms with Crippen LogP contribution in [0.15, 0.2) is 84.9 Å². The summed E-state index contributed by atoms with van der Waals surface area (Å²) in [6, 6.07) is 14.9. The molecule has 0 amide bonds. The number of benzene rings is 3. The maximum atomic E-state index is 13.6. The van der Waals surface area contributed by atoms with E-state index in [1.807, 2.05) is 0 Å². The molecule has 0 unspecified atom stereocenters. The highest BCUT2D eigenvalue weighted by Gasteiger charge is 2.76. The lowest BCUT2D eigenvalue weighted by atomic mass is 9.93. The van der Waals surface area contributed by atoms with Crippen LogP contribution in [0.1, 0.15) is 11.1 Å². The molecule has 0 saturated heterocycles. The molecule has 0 saturated carbocycles. The first-order valence-electron chi connectivity index (χ1n) is 12.6. The summed E-state index contributed by atoms with van der Waals surface area (Å²) < 4.78 is 181. The van der Waals surface area contributed by atoms with Crippen molar-refractivity contribution in [2.45, 2.75) is 36.0 Å². The van der Waals surface area contributed by atoms with Crippen LogP contribution in [-0.2, 0) is 9.59 Å². The molecule has 0 radical (unpaired) electrons. The molecule has 3 aromatic rings. The highest BCUT2D eigenvalue weighted by molar-refractivity contribution is 6.02. The second-order valence-corrected chi connectivity index (χ2v) is 9.78. The smallest absolute Gasteiger partial charge is 0.460 e. The normalized spacial score (nSPS) is 14.2. The molecule has 0 aliphatic rings. The number of alkyl halides is 14. The minimum Gasteiger partial charge on any atom is -0.507 e. The van der Waals surface area contributed by atoms with Crippen molar-refractivity contribution >= 4 is 23.1 Å². The van der Waals surface area contributed by atoms with Gasteiger partial charge in [0, 0.05) is 23.3 Å². The molecular weight excluding hydrogens is 690 g/mol. The Hall–Kier alpha value is -4.90. The Kier molecular flexibility index (Phi) is 9.87. The summed E-state index contributed by atoms with van der Waals surface area (Å²) in [4.78, 5) is 23.1. The summed E-state index contributed by atoms with van der Waals surface area (Å²) in [5, 5.41) is 19.9. The number of ketones is 2. The van der Waals surface area contributed by atoms with Crippen molar-refractivity contribution in [2.24, 2.45) is 0 Å². The van der Waals surface area contributed by atoms with Crippen LogP contribution in [0, 0.1) is 0 Å². The first-order chi connectivity index (χ1) is 21.8. The van der Waals surface area contributed by atoms with Crippen molar-refractivity contribution in [3.63, 3.8) is 0 Å². The van der Waals surface area contributed by atoms with Gasteiger partial charge in [-0.15, -0.1) is 0 Å². The van der Waals surface area contributed by atoms with Crippen LogP contribution in [0.4, 0.5) is 61.5 Å². The van der Waals surface area contributed by atoms with Gasteiger partial charge in [0.25, 0.3) is 0 Å². The fraction of sp³-hybridized carbons (Fsp3) is 0.200. The van der Waals surface area contributed by atoms with Crippen molar-refractivity contribution < 1.29 is 81.3 Å². The Morgan fingerprint density at radius 2 is 0.729 bits per heavy atom. The Balaban J connectivity index is 1.88. The average Bonchev–Trinajstić information content (AvgIpc) is 2.99. The predicted octanol–water partition coefficient (Wildman–Crippen LogP) is 9.62. The van der Waals surface area contributed by atoms with Crippen LogP contribution in [0.2, 0.25) is 0 Å². The average molecular weight is 706 g/mol. The van der Waals surface area contributed by atoms with Gasteiger partial charge >= 0.3 is 36.0 Å². The van der Waals surface area contributed by atoms with Gasteiger partial charge in [-0.3, -0.25) is 9.59 Å². The number of aliphatic hydroxyl groups excluding tert-OH is 2. The Bertz CT molecular complexity index is 1610. The van der Waals surface area contributed by atoms with E-state index in [1.165, 1.54) is 48.5 Å². The monoisotopic (exact) mass is 706 g/mol. The van der Waals surface area contributed by atoms with Gasteiger partial charge in [0.05, 0.1) is 0 Å². The van der Waals surface area contributed by atoms with Gasteiger partial charge in [-0.2, -0.15) is 61.5 Å². The van der Waals surface area contributed by atoms with Gasteiger partial charge in [0.1, 0.15) is 11.5 Å². The minimum absolute atomic E-state index is 0.299. The van der Waals surface area contributed by atoms with E-state index in [2.05, 4.69) is 0 Å². The van der Waals surface area contributed by atoms with Crippen LogP contribution in [0.3, 0.4) is 0 Å². The molecule has 0 aromatic heterocycles. The van der Waals surface area contributed by atoms with Crippen molar-refractivity contribution in [1.29, 1.82) is 0 Å². The van der Waals surface area contributed by atoms with Gasteiger partial charge in [-0.25, -0.2) is 0 Å². The van der Waals surface area contributed by atoms with Crippen LogP contribution in [0.5, 0.6) is 0 Å². The number of hydrogen-bond acceptors (Lipinski definition) is 4. The van der Waals surface area contributed by atoms with Crippen molar-refractivity contribution in [2.75, 3.05) is 0 Å². The molecule has 0 aliphatic carbocycles. The molecule has 0 fully saturated rings. The van der Waals surface area contributed by atoms with E-state index in [1.54, 1.807) is 0 Å². The van der Waals surface area contributed by atoms with E-state index in [0.717, 1.165) is 24.3 Å². The van der Waals surface area contributed by atoms with E-state index >= 15 is 0 Å². The Morgan fingerprint density at radius 1 is 0.458 bits per heavy atom. The predicted molar refractivity (Wildman–Crippen MR) is 140 cm³/mol. The summed E-state index contributed by atoms with van der Waals surface area (Å²) in [5.41, 5.74) is 0.444. The molecule has 2 N–H and O–H groups in total. The third-order valence-corrected chi connectivity index (χ3v) is 6.57. The number of allylic oxidation sites excluding steroid dienone is 2. The Labute approximate surface area is 259 Å². The van der Waals surface area contributed by atoms with E-state index in [9.17, 15) is 81.3 Å². The number of halogens is 14. The quantitative estimate of drug-likeness (QED) is 0.125. The van der Waals surface area contributed by atoms with E-state index in [0.29, 0.717) is 22.3 Å². The SMILES string of the molecule is O=C(C=C(O)c1ccc(-c2ccccc2-c2ccc(C(O)=CC(=O)C(F)(F)C(F)(F)C(F)(F)F)cc2)cc1)C(F)(F)C(F)(F)C(F)(F)F. The van der Waals surface area contributed by atoms with Gasteiger partial charge < -0.3 is 10.2 Å². The summed E-state index contributed by atoms with van der Waals surface area (Å²) in [7, 11) is 0. The molecule has 48 heavy (non-hydrogen) atoms. The second-order valence-electron chi connectivity index (χ2n) is 9.78. The summed E-state index contributed by atoms with van der Waals surface area (Å²) in [6.45, 7) is 0. The van der Waals surface area contributed by atoms with E-state index in [4.69, 9.17) is 0 Å². The first-order valence-corrected chi connectivity index (χ1v) is 12.6. The Morgan fingerprint density at radius 3 is 0.979 bits per heavy atom. The molecular formula is C30H16F14O4. The third kappa shape index (κ3) is 6.87. The van der Waals surface area contributed by atoms with Gasteiger partial charge in [-0.1, -0.05) is 72.8 Å². The van der Waals surface area contributed by atoms with Crippen molar-refractivity contribution in [3.8, 4) is 22.3 Å². The van der Waals surface area contributed by atoms with E-state index in [-0.39, 0.29) is 0 Å². The maximum Gasteiger partial charge on any atom is 0.460 e. The second kappa shape index (κ2) is 12.6. The third-order valence-electron chi connectivity index (χ3n) is 6.57. The number of carbonyl (C=O) groups excluding carboxylic acids is 2. The van der Waals surface area contributed by atoms with Gasteiger partial charge in [0.15, 0.2) is 0 Å². The molecule has 0 atom stereocenters. The summed E-state index contributed by atoms with van der Waals surface area (Å²) in [5.74, 6) is -34.8. The minimum atomic E-state index is -6.78. The van der Waals surface area contributed by atoms with Gasteiger partial charge in [0.2, 0.25) is 11.6 Å². The zero-order valence-electron chi connectivity index (χ0n) is 23.1. The van der Waals surface area contributed by atoms with Crippen LogP contribution >= 0.6 is 0 Å². The lowest BCUT2D eigenvalue weighted by Crippen LogP contribution is -2.55. The number of aliphatic hydroxyl groups is 2. The fourth-order valence-corrected chi connectivity index (χ4v) is 3.89. The number of hydrogen-bond donors (Lipinski definition) is 2. The molecule has 18 heteroatoms. The van der Waals surface area contributed by atoms with Crippen LogP contribution < -0.4 is 0 Å². The summed E-state index contributed by atoms with van der Waals surface area (Å²) >= 11 is 0. The topological polar surface area (TPSA) is 74.6 Å². The number of carbonyl (C=O) groups is 2. The molecule has 258 valence electrons. The molecule has 0 bridgehead atoms. The molecule has 0 aliphatic heterocycles. The molecule has 0 spiro atoms. The molecule has 3 aromatic carbocycles. The van der Waals surface area contributed by atoms with Crippen LogP contribution in [0.25, 0.3) is 33.8 Å². The van der Waals surface area contributed by atoms with E-state index < -0.39 is 82.4 Å². The van der Waals surface area contributed by atoms with Crippen LogP contribution in [-0.4, -0.2) is 57.8 Å². The highest BCUT2D eigenvalue weighted by Crippen LogP contribution is 2.48. The zero-order chi connectivity index (χ0) is 36.7. The fourth-order valence-electron chi connectivity index (χ4n) is 3.89. The van der Waals surface area contributed by atoms with Crippen molar-refractivity contribution in [3.05, 3.63) is 96.1 Å². The molecule has 0 heterocycles. The summed E-state index contributed by atoms with van der Waals surface area (Å²) in [6.07, 6.45) is -14.5. The lowest BCUT2D eigenvalue weighted by Gasteiger charge is -2.26. The standard InChI is InChI=1S/C30H16F14O4/c31-25(32,27(35,36)29(39,40)41)23(47)13-21(45)17-9-5-15(6-10-17)19-3-1-2-4-20(19)16-7-11-18(12-8-16)22(46)14-24(48)26(33,34)28(37,38)30(42,43)44/h1-14,45-46H. The highest BCUT2D eigenvalue weighted by atomic mass is 19.4. The number of rotatable bonds is 10. The largest absolute Gasteiger partial charge is 0.507 e. The molecule has 4 nitrogen and oxygen atoms in total.